The van der Waals surface area contributed by atoms with Crippen molar-refractivity contribution in [2.45, 2.75) is 32.4 Å². The van der Waals surface area contributed by atoms with Crippen LogP contribution in [-0.2, 0) is 6.54 Å². The molecule has 4 nitrogen and oxygen atoms in total. The Labute approximate surface area is 103 Å². The topological polar surface area (TPSA) is 67.1 Å². The molecule has 4 N–H and O–H groups in total. The lowest BCUT2D eigenvalue weighted by Gasteiger charge is -2.16. The summed E-state index contributed by atoms with van der Waals surface area (Å²) in [5.41, 5.74) is 6.57. The molecule has 1 unspecified atom stereocenters. The van der Waals surface area contributed by atoms with Crippen LogP contribution in [0.4, 0.5) is 4.79 Å². The van der Waals surface area contributed by atoms with Gasteiger partial charge in [0.25, 0.3) is 0 Å². The molecule has 17 heavy (non-hydrogen) atoms. The predicted octanol–water partition coefficient (Wildman–Crippen LogP) is 1.61. The van der Waals surface area contributed by atoms with Crippen LogP contribution in [0.15, 0.2) is 30.3 Å². The molecule has 4 heteroatoms. The summed E-state index contributed by atoms with van der Waals surface area (Å²) in [4.78, 5) is 11.6. The van der Waals surface area contributed by atoms with Crippen molar-refractivity contribution < 1.29 is 4.79 Å². The van der Waals surface area contributed by atoms with E-state index < -0.39 is 0 Å². The molecule has 1 atom stereocenters. The molecule has 0 aliphatic heterocycles. The van der Waals surface area contributed by atoms with Crippen LogP contribution in [0, 0.1) is 0 Å². The molecule has 0 fully saturated rings. The van der Waals surface area contributed by atoms with Gasteiger partial charge in [0.2, 0.25) is 0 Å². The number of amides is 2. The van der Waals surface area contributed by atoms with Crippen LogP contribution in [0.1, 0.15) is 25.3 Å². The van der Waals surface area contributed by atoms with Crippen molar-refractivity contribution >= 4 is 6.03 Å². The summed E-state index contributed by atoms with van der Waals surface area (Å²) in [5.74, 6) is 0. The molecule has 0 aliphatic rings. The van der Waals surface area contributed by atoms with Crippen molar-refractivity contribution in [2.24, 2.45) is 5.73 Å². The predicted molar refractivity (Wildman–Crippen MR) is 69.6 cm³/mol. The van der Waals surface area contributed by atoms with Gasteiger partial charge in [-0.25, -0.2) is 4.79 Å². The molecule has 0 spiro atoms. The summed E-state index contributed by atoms with van der Waals surface area (Å²) < 4.78 is 0. The first-order valence-corrected chi connectivity index (χ1v) is 6.04. The summed E-state index contributed by atoms with van der Waals surface area (Å²) in [5, 5.41) is 5.74. The van der Waals surface area contributed by atoms with Gasteiger partial charge in [-0.2, -0.15) is 0 Å². The molecule has 0 saturated heterocycles. The van der Waals surface area contributed by atoms with Crippen LogP contribution in [0.3, 0.4) is 0 Å². The quantitative estimate of drug-likeness (QED) is 0.701. The molecule has 1 aromatic carbocycles. The normalized spacial score (nSPS) is 11.9. The number of nitrogens with two attached hydrogens (primary N) is 1. The fraction of sp³-hybridized carbons (Fsp3) is 0.462. The number of hydrogen-bond donors (Lipinski definition) is 3. The van der Waals surface area contributed by atoms with E-state index in [9.17, 15) is 4.79 Å². The Morgan fingerprint density at radius 1 is 1.35 bits per heavy atom. The van der Waals surface area contributed by atoms with Gasteiger partial charge in [0.05, 0.1) is 0 Å². The zero-order valence-corrected chi connectivity index (χ0v) is 10.3. The van der Waals surface area contributed by atoms with E-state index in [1.807, 2.05) is 37.3 Å². The average molecular weight is 235 g/mol. The first-order valence-electron chi connectivity index (χ1n) is 6.04. The molecule has 0 saturated carbocycles. The zero-order chi connectivity index (χ0) is 12.5. The highest BCUT2D eigenvalue weighted by Crippen LogP contribution is 1.98. The van der Waals surface area contributed by atoms with Crippen LogP contribution in [0.2, 0.25) is 0 Å². The number of urea groups is 1. The van der Waals surface area contributed by atoms with Gasteiger partial charge in [-0.15, -0.1) is 0 Å². The molecule has 1 rings (SSSR count). The van der Waals surface area contributed by atoms with E-state index in [0.29, 0.717) is 13.1 Å². The SMILES string of the molecule is CCC(CCN)NC(=O)NCc1ccccc1. The maximum atomic E-state index is 11.6. The van der Waals surface area contributed by atoms with Crippen molar-refractivity contribution in [3.8, 4) is 0 Å². The summed E-state index contributed by atoms with van der Waals surface area (Å²) >= 11 is 0. The van der Waals surface area contributed by atoms with Gasteiger partial charge in [0, 0.05) is 12.6 Å². The third-order valence-electron chi connectivity index (χ3n) is 2.64. The molecule has 1 aromatic rings. The van der Waals surface area contributed by atoms with Crippen molar-refractivity contribution in [1.29, 1.82) is 0 Å². The number of carbonyl (C=O) groups excluding carboxylic acids is 1. The van der Waals surface area contributed by atoms with Crippen molar-refractivity contribution in [1.82, 2.24) is 10.6 Å². The van der Waals surface area contributed by atoms with Crippen LogP contribution >= 0.6 is 0 Å². The van der Waals surface area contributed by atoms with E-state index in [2.05, 4.69) is 10.6 Å². The summed E-state index contributed by atoms with van der Waals surface area (Å²) in [6.45, 7) is 3.18. The van der Waals surface area contributed by atoms with Gasteiger partial charge in [-0.3, -0.25) is 0 Å². The maximum absolute atomic E-state index is 11.6. The largest absolute Gasteiger partial charge is 0.335 e. The van der Waals surface area contributed by atoms with Gasteiger partial charge in [0.1, 0.15) is 0 Å². The van der Waals surface area contributed by atoms with Crippen molar-refractivity contribution in [3.63, 3.8) is 0 Å². The molecule has 0 bridgehead atoms. The monoisotopic (exact) mass is 235 g/mol. The number of rotatable bonds is 6. The van der Waals surface area contributed by atoms with Crippen LogP contribution in [0.25, 0.3) is 0 Å². The highest BCUT2D eigenvalue weighted by Gasteiger charge is 2.08. The number of hydrogen-bond acceptors (Lipinski definition) is 2. The van der Waals surface area contributed by atoms with Crippen LogP contribution in [-0.4, -0.2) is 18.6 Å². The summed E-state index contributed by atoms with van der Waals surface area (Å²) in [6, 6.07) is 9.87. The maximum Gasteiger partial charge on any atom is 0.315 e. The van der Waals surface area contributed by atoms with Gasteiger partial charge in [0.15, 0.2) is 0 Å². The highest BCUT2D eigenvalue weighted by molar-refractivity contribution is 5.74. The molecule has 0 heterocycles. The van der Waals surface area contributed by atoms with E-state index in [1.54, 1.807) is 0 Å². The van der Waals surface area contributed by atoms with E-state index in [-0.39, 0.29) is 12.1 Å². The number of benzene rings is 1. The molecule has 0 aliphatic carbocycles. The highest BCUT2D eigenvalue weighted by atomic mass is 16.2. The van der Waals surface area contributed by atoms with Crippen molar-refractivity contribution in [2.75, 3.05) is 6.54 Å². The minimum atomic E-state index is -0.130. The average Bonchev–Trinajstić information content (AvgIpc) is 2.37. The Hall–Kier alpha value is -1.55. The molecule has 94 valence electrons. The first-order chi connectivity index (χ1) is 8.26. The van der Waals surface area contributed by atoms with E-state index in [0.717, 1.165) is 18.4 Å². The minimum Gasteiger partial charge on any atom is -0.335 e. The fourth-order valence-electron chi connectivity index (χ4n) is 1.59. The van der Waals surface area contributed by atoms with Gasteiger partial charge < -0.3 is 16.4 Å². The number of carbonyl (C=O) groups is 1. The second-order valence-electron chi connectivity index (χ2n) is 4.00. The Kier molecular flexibility index (Phi) is 6.10. The van der Waals surface area contributed by atoms with Crippen LogP contribution < -0.4 is 16.4 Å². The van der Waals surface area contributed by atoms with E-state index in [4.69, 9.17) is 5.73 Å². The van der Waals surface area contributed by atoms with E-state index in [1.165, 1.54) is 0 Å². The molecule has 2 amide bonds. The summed E-state index contributed by atoms with van der Waals surface area (Å²) in [7, 11) is 0. The van der Waals surface area contributed by atoms with Crippen molar-refractivity contribution in [3.05, 3.63) is 35.9 Å². The molecular weight excluding hydrogens is 214 g/mol. The minimum absolute atomic E-state index is 0.130. The first kappa shape index (κ1) is 13.5. The lowest BCUT2D eigenvalue weighted by Crippen LogP contribution is -2.42. The molecular formula is C13H21N3O. The lowest BCUT2D eigenvalue weighted by molar-refractivity contribution is 0.235. The third-order valence-corrected chi connectivity index (χ3v) is 2.64. The summed E-state index contributed by atoms with van der Waals surface area (Å²) in [6.07, 6.45) is 1.71. The smallest absolute Gasteiger partial charge is 0.315 e. The lowest BCUT2D eigenvalue weighted by atomic mass is 10.1. The Morgan fingerprint density at radius 3 is 2.65 bits per heavy atom. The molecule has 0 aromatic heterocycles. The molecule has 0 radical (unpaired) electrons. The second kappa shape index (κ2) is 7.68. The Bertz CT molecular complexity index is 327. The Morgan fingerprint density at radius 2 is 2.06 bits per heavy atom. The third kappa shape index (κ3) is 5.36. The fourth-order valence-corrected chi connectivity index (χ4v) is 1.59. The zero-order valence-electron chi connectivity index (χ0n) is 10.3. The van der Waals surface area contributed by atoms with Crippen LogP contribution in [0.5, 0.6) is 0 Å². The van der Waals surface area contributed by atoms with Gasteiger partial charge in [-0.1, -0.05) is 37.3 Å². The second-order valence-corrected chi connectivity index (χ2v) is 4.00. The van der Waals surface area contributed by atoms with Gasteiger partial charge >= 0.3 is 6.03 Å². The Balaban J connectivity index is 2.30. The standard InChI is InChI=1S/C13H21N3O/c1-2-12(8-9-14)16-13(17)15-10-11-6-4-3-5-7-11/h3-7,12H,2,8-10,14H2,1H3,(H2,15,16,17). The van der Waals surface area contributed by atoms with Gasteiger partial charge in [-0.05, 0) is 24.9 Å². The van der Waals surface area contributed by atoms with E-state index >= 15 is 0 Å². The number of nitrogens with one attached hydrogen (secondary N) is 2.